The zero-order valence-corrected chi connectivity index (χ0v) is 11.8. The summed E-state index contributed by atoms with van der Waals surface area (Å²) < 4.78 is 12.0. The third kappa shape index (κ3) is 2.37. The van der Waals surface area contributed by atoms with Gasteiger partial charge in [-0.05, 0) is 26.0 Å². The molecule has 2 aromatic rings. The van der Waals surface area contributed by atoms with Crippen LogP contribution in [0.25, 0.3) is 0 Å². The first kappa shape index (κ1) is 13.0. The summed E-state index contributed by atoms with van der Waals surface area (Å²) in [6.45, 7) is 4.63. The van der Waals surface area contributed by atoms with Gasteiger partial charge in [0, 0.05) is 24.1 Å². The van der Waals surface area contributed by atoms with E-state index in [1.54, 1.807) is 0 Å². The first-order chi connectivity index (χ1) is 9.59. The monoisotopic (exact) mass is 269 g/mol. The zero-order valence-electron chi connectivity index (χ0n) is 11.8. The molecule has 0 radical (unpaired) electrons. The summed E-state index contributed by atoms with van der Waals surface area (Å²) >= 11 is 0. The van der Waals surface area contributed by atoms with Crippen LogP contribution in [0, 0.1) is 0 Å². The Morgan fingerprint density at radius 2 is 1.85 bits per heavy atom. The molecule has 104 valence electrons. The highest BCUT2D eigenvalue weighted by atomic mass is 16.5. The van der Waals surface area contributed by atoms with Gasteiger partial charge in [-0.3, -0.25) is 0 Å². The fourth-order valence-corrected chi connectivity index (χ4v) is 2.56. The SMILES string of the molecule is CC1(C)Cc2cccc(Oc3ccccc3CN)c2O1. The van der Waals surface area contributed by atoms with Gasteiger partial charge in [0.05, 0.1) is 0 Å². The third-order valence-electron chi connectivity index (χ3n) is 3.47. The summed E-state index contributed by atoms with van der Waals surface area (Å²) in [5.41, 5.74) is 7.76. The molecule has 2 aromatic carbocycles. The summed E-state index contributed by atoms with van der Waals surface area (Å²) in [5.74, 6) is 2.40. The zero-order chi connectivity index (χ0) is 14.2. The molecule has 0 fully saturated rings. The van der Waals surface area contributed by atoms with Crippen molar-refractivity contribution in [1.82, 2.24) is 0 Å². The van der Waals surface area contributed by atoms with Crippen molar-refractivity contribution in [3.05, 3.63) is 53.6 Å². The van der Waals surface area contributed by atoms with Crippen LogP contribution in [-0.4, -0.2) is 5.60 Å². The number of nitrogens with two attached hydrogens (primary N) is 1. The van der Waals surface area contributed by atoms with Gasteiger partial charge >= 0.3 is 0 Å². The second-order valence-electron chi connectivity index (χ2n) is 5.70. The Labute approximate surface area is 119 Å². The van der Waals surface area contributed by atoms with Crippen LogP contribution in [0.4, 0.5) is 0 Å². The molecule has 3 rings (SSSR count). The van der Waals surface area contributed by atoms with Gasteiger partial charge in [-0.25, -0.2) is 0 Å². The summed E-state index contributed by atoms with van der Waals surface area (Å²) in [4.78, 5) is 0. The largest absolute Gasteiger partial charge is 0.483 e. The third-order valence-corrected chi connectivity index (χ3v) is 3.47. The average Bonchev–Trinajstić information content (AvgIpc) is 2.74. The number of benzene rings is 2. The average molecular weight is 269 g/mol. The molecule has 20 heavy (non-hydrogen) atoms. The van der Waals surface area contributed by atoms with Crippen LogP contribution < -0.4 is 15.2 Å². The number of para-hydroxylation sites is 2. The molecule has 0 aliphatic carbocycles. The number of fused-ring (bicyclic) bond motifs is 1. The molecule has 1 aliphatic heterocycles. The highest BCUT2D eigenvalue weighted by molar-refractivity contribution is 5.52. The predicted molar refractivity (Wildman–Crippen MR) is 79.3 cm³/mol. The molecule has 0 atom stereocenters. The molecule has 0 bridgehead atoms. The van der Waals surface area contributed by atoms with Gasteiger partial charge < -0.3 is 15.2 Å². The molecule has 0 saturated carbocycles. The lowest BCUT2D eigenvalue weighted by molar-refractivity contribution is 0.135. The minimum atomic E-state index is -0.171. The Morgan fingerprint density at radius 1 is 1.10 bits per heavy atom. The normalized spacial score (nSPS) is 15.6. The standard InChI is InChI=1S/C17H19NO2/c1-17(2)10-12-7-5-9-15(16(12)20-17)19-14-8-4-3-6-13(14)11-18/h3-9H,10-11,18H2,1-2H3. The second-order valence-corrected chi connectivity index (χ2v) is 5.70. The van der Waals surface area contributed by atoms with Crippen LogP contribution in [0.15, 0.2) is 42.5 Å². The number of ether oxygens (including phenoxy) is 2. The molecule has 3 nitrogen and oxygen atoms in total. The van der Waals surface area contributed by atoms with E-state index >= 15 is 0 Å². The van der Waals surface area contributed by atoms with E-state index < -0.39 is 0 Å². The van der Waals surface area contributed by atoms with Crippen molar-refractivity contribution < 1.29 is 9.47 Å². The van der Waals surface area contributed by atoms with Gasteiger partial charge in [-0.1, -0.05) is 30.3 Å². The fourth-order valence-electron chi connectivity index (χ4n) is 2.56. The van der Waals surface area contributed by atoms with Crippen molar-refractivity contribution in [2.24, 2.45) is 5.73 Å². The van der Waals surface area contributed by atoms with E-state index in [1.807, 2.05) is 36.4 Å². The molecule has 2 N–H and O–H groups in total. The lowest BCUT2D eigenvalue weighted by atomic mass is 10.0. The lowest BCUT2D eigenvalue weighted by Gasteiger charge is -2.18. The molecule has 0 aromatic heterocycles. The minimum absolute atomic E-state index is 0.171. The summed E-state index contributed by atoms with van der Waals surface area (Å²) in [7, 11) is 0. The minimum Gasteiger partial charge on any atom is -0.483 e. The van der Waals surface area contributed by atoms with E-state index in [1.165, 1.54) is 5.56 Å². The van der Waals surface area contributed by atoms with Crippen LogP contribution in [0.2, 0.25) is 0 Å². The Bertz CT molecular complexity index is 635. The fraction of sp³-hybridized carbons (Fsp3) is 0.294. The van der Waals surface area contributed by atoms with Crippen molar-refractivity contribution in [3.8, 4) is 17.2 Å². The predicted octanol–water partition coefficient (Wildman–Crippen LogP) is 3.65. The van der Waals surface area contributed by atoms with Crippen molar-refractivity contribution in [1.29, 1.82) is 0 Å². The number of hydrogen-bond acceptors (Lipinski definition) is 3. The van der Waals surface area contributed by atoms with E-state index in [4.69, 9.17) is 15.2 Å². The van der Waals surface area contributed by atoms with E-state index in [9.17, 15) is 0 Å². The maximum Gasteiger partial charge on any atom is 0.169 e. The van der Waals surface area contributed by atoms with Gasteiger partial charge in [0.2, 0.25) is 0 Å². The smallest absolute Gasteiger partial charge is 0.169 e. The van der Waals surface area contributed by atoms with Gasteiger partial charge in [-0.15, -0.1) is 0 Å². The van der Waals surface area contributed by atoms with Crippen molar-refractivity contribution in [2.75, 3.05) is 0 Å². The lowest BCUT2D eigenvalue weighted by Crippen LogP contribution is -2.24. The quantitative estimate of drug-likeness (QED) is 0.925. The van der Waals surface area contributed by atoms with Crippen LogP contribution in [0.3, 0.4) is 0 Å². The van der Waals surface area contributed by atoms with E-state index in [0.29, 0.717) is 6.54 Å². The molecule has 0 spiro atoms. The first-order valence-corrected chi connectivity index (χ1v) is 6.86. The van der Waals surface area contributed by atoms with Gasteiger partial charge in [0.25, 0.3) is 0 Å². The Morgan fingerprint density at radius 3 is 2.65 bits per heavy atom. The molecule has 1 heterocycles. The van der Waals surface area contributed by atoms with Crippen LogP contribution in [0.1, 0.15) is 25.0 Å². The molecule has 0 unspecified atom stereocenters. The van der Waals surface area contributed by atoms with Crippen molar-refractivity contribution in [2.45, 2.75) is 32.4 Å². The topological polar surface area (TPSA) is 44.5 Å². The van der Waals surface area contributed by atoms with E-state index in [-0.39, 0.29) is 5.60 Å². The summed E-state index contributed by atoms with van der Waals surface area (Å²) in [6, 6.07) is 13.8. The Hall–Kier alpha value is -2.00. The molecule has 3 heteroatoms. The first-order valence-electron chi connectivity index (χ1n) is 6.86. The Kier molecular flexibility index (Phi) is 3.14. The van der Waals surface area contributed by atoms with Gasteiger partial charge in [0.15, 0.2) is 11.5 Å². The molecule has 0 amide bonds. The van der Waals surface area contributed by atoms with Crippen molar-refractivity contribution in [3.63, 3.8) is 0 Å². The molecular formula is C17H19NO2. The maximum absolute atomic E-state index is 6.03. The molecular weight excluding hydrogens is 250 g/mol. The van der Waals surface area contributed by atoms with E-state index in [0.717, 1.165) is 29.2 Å². The van der Waals surface area contributed by atoms with Gasteiger partial charge in [0.1, 0.15) is 11.4 Å². The van der Waals surface area contributed by atoms with Crippen LogP contribution in [0.5, 0.6) is 17.2 Å². The van der Waals surface area contributed by atoms with Crippen LogP contribution >= 0.6 is 0 Å². The Balaban J connectivity index is 1.96. The maximum atomic E-state index is 6.03. The van der Waals surface area contributed by atoms with E-state index in [2.05, 4.69) is 19.9 Å². The van der Waals surface area contributed by atoms with Crippen molar-refractivity contribution >= 4 is 0 Å². The molecule has 0 saturated heterocycles. The summed E-state index contributed by atoms with van der Waals surface area (Å²) in [6.07, 6.45) is 0.901. The highest BCUT2D eigenvalue weighted by Gasteiger charge is 2.32. The molecule has 1 aliphatic rings. The number of rotatable bonds is 3. The summed E-state index contributed by atoms with van der Waals surface area (Å²) in [5, 5.41) is 0. The highest BCUT2D eigenvalue weighted by Crippen LogP contribution is 2.43. The van der Waals surface area contributed by atoms with Crippen LogP contribution in [-0.2, 0) is 13.0 Å². The second kappa shape index (κ2) is 4.84. The number of hydrogen-bond donors (Lipinski definition) is 1. The van der Waals surface area contributed by atoms with Gasteiger partial charge in [-0.2, -0.15) is 0 Å².